The van der Waals surface area contributed by atoms with E-state index < -0.39 is 8.07 Å². The van der Waals surface area contributed by atoms with Crippen LogP contribution in [0.1, 0.15) is 20.3 Å². The van der Waals surface area contributed by atoms with Gasteiger partial charge in [0.15, 0.2) is 0 Å². The minimum absolute atomic E-state index is 0.945. The van der Waals surface area contributed by atoms with Crippen molar-refractivity contribution in [2.75, 3.05) is 20.1 Å². The van der Waals surface area contributed by atoms with Gasteiger partial charge in [0.1, 0.15) is 0 Å². The van der Waals surface area contributed by atoms with Gasteiger partial charge in [-0.3, -0.25) is 0 Å². The number of hydrogen-bond donors (Lipinski definition) is 0. The molecule has 0 aromatic carbocycles. The van der Waals surface area contributed by atoms with Crippen LogP contribution in [0.2, 0.25) is 25.2 Å². The average Bonchev–Trinajstić information content (AvgIpc) is 2.13. The van der Waals surface area contributed by atoms with Crippen molar-refractivity contribution in [3.63, 3.8) is 0 Å². The van der Waals surface area contributed by atoms with Gasteiger partial charge in [-0.05, 0) is 45.6 Å². The van der Waals surface area contributed by atoms with Crippen molar-refractivity contribution >= 4 is 8.07 Å². The van der Waals surface area contributed by atoms with Crippen molar-refractivity contribution in [1.82, 2.24) is 4.90 Å². The first kappa shape index (κ1) is 13.9. The summed E-state index contributed by atoms with van der Waals surface area (Å²) >= 11 is 0. The van der Waals surface area contributed by atoms with E-state index in [9.17, 15) is 0 Å². The summed E-state index contributed by atoms with van der Waals surface area (Å²) in [5, 5.41) is 0. The van der Waals surface area contributed by atoms with Crippen LogP contribution < -0.4 is 0 Å². The molecule has 0 radical (unpaired) electrons. The highest BCUT2D eigenvalue weighted by Gasteiger charge is 2.18. The predicted molar refractivity (Wildman–Crippen MR) is 69.7 cm³/mol. The molecule has 0 aromatic rings. The Balaban J connectivity index is 3.74. The maximum Gasteiger partial charge on any atom is 0.0523 e. The van der Waals surface area contributed by atoms with Gasteiger partial charge in [0.25, 0.3) is 0 Å². The fourth-order valence-electron chi connectivity index (χ4n) is 1.53. The second-order valence-corrected chi connectivity index (χ2v) is 10.2. The van der Waals surface area contributed by atoms with Crippen LogP contribution in [0.3, 0.4) is 0 Å². The zero-order valence-electron chi connectivity index (χ0n) is 10.6. The van der Waals surface area contributed by atoms with E-state index in [-0.39, 0.29) is 0 Å². The normalized spacial score (nSPS) is 13.0. The van der Waals surface area contributed by atoms with Gasteiger partial charge in [-0.15, -0.1) is 0 Å². The Morgan fingerprint density at radius 2 is 1.86 bits per heavy atom. The predicted octanol–water partition coefficient (Wildman–Crippen LogP) is 3.61. The zero-order chi connectivity index (χ0) is 11.0. The molecule has 0 aliphatic carbocycles. The van der Waals surface area contributed by atoms with Crippen molar-refractivity contribution in [1.29, 1.82) is 0 Å². The largest absolute Gasteiger partial charge is 0.307 e. The Kier molecular flexibility index (Phi) is 7.20. The molecule has 14 heavy (non-hydrogen) atoms. The van der Waals surface area contributed by atoms with Crippen LogP contribution in [-0.4, -0.2) is 33.1 Å². The minimum atomic E-state index is -0.945. The molecule has 0 spiro atoms. The van der Waals surface area contributed by atoms with E-state index in [1.165, 1.54) is 31.6 Å². The molecule has 0 amide bonds. The quantitative estimate of drug-likeness (QED) is 0.461. The van der Waals surface area contributed by atoms with E-state index >= 15 is 0 Å². The van der Waals surface area contributed by atoms with Gasteiger partial charge in [-0.2, -0.15) is 0 Å². The summed E-state index contributed by atoms with van der Waals surface area (Å²) in [5.41, 5.74) is 0. The standard InChI is InChI=1S/C12H27NSi/c1-6-8-11-14(4,5)12-10-13(3)9-7-2/h6,8H,7,9-12H2,1-5H3. The van der Waals surface area contributed by atoms with E-state index in [1.807, 2.05) is 0 Å². The lowest BCUT2D eigenvalue weighted by molar-refractivity contribution is 0.352. The first-order chi connectivity index (χ1) is 6.52. The highest BCUT2D eigenvalue weighted by atomic mass is 28.3. The van der Waals surface area contributed by atoms with Crippen molar-refractivity contribution in [3.05, 3.63) is 12.2 Å². The fraction of sp³-hybridized carbons (Fsp3) is 0.833. The van der Waals surface area contributed by atoms with E-state index in [0.717, 1.165) is 0 Å². The van der Waals surface area contributed by atoms with E-state index in [1.54, 1.807) is 0 Å². The van der Waals surface area contributed by atoms with Gasteiger partial charge < -0.3 is 4.90 Å². The lowest BCUT2D eigenvalue weighted by Gasteiger charge is -2.24. The molecule has 0 aliphatic heterocycles. The molecule has 0 atom stereocenters. The third kappa shape index (κ3) is 7.33. The monoisotopic (exact) mass is 213 g/mol. The molecule has 0 aliphatic rings. The summed E-state index contributed by atoms with van der Waals surface area (Å²) in [6.07, 6.45) is 5.80. The topological polar surface area (TPSA) is 3.24 Å². The summed E-state index contributed by atoms with van der Waals surface area (Å²) < 4.78 is 0. The SMILES string of the molecule is CC=CC[Si](C)(C)CCN(C)CCC. The average molecular weight is 213 g/mol. The molecule has 0 unspecified atom stereocenters. The maximum absolute atomic E-state index is 2.49. The molecule has 0 heterocycles. The lowest BCUT2D eigenvalue weighted by Crippen LogP contribution is -2.31. The molecule has 0 fully saturated rings. The first-order valence-electron chi connectivity index (χ1n) is 5.81. The van der Waals surface area contributed by atoms with E-state index in [4.69, 9.17) is 0 Å². The second kappa shape index (κ2) is 7.24. The molecular weight excluding hydrogens is 186 g/mol. The molecule has 0 bridgehead atoms. The highest BCUT2D eigenvalue weighted by molar-refractivity contribution is 6.77. The Morgan fingerprint density at radius 3 is 2.36 bits per heavy atom. The maximum atomic E-state index is 2.49. The number of nitrogens with zero attached hydrogens (tertiary/aromatic N) is 1. The van der Waals surface area contributed by atoms with Gasteiger partial charge >= 0.3 is 0 Å². The summed E-state index contributed by atoms with van der Waals surface area (Å²) in [5.74, 6) is 0. The van der Waals surface area contributed by atoms with Crippen LogP contribution in [-0.2, 0) is 0 Å². The van der Waals surface area contributed by atoms with Crippen molar-refractivity contribution in [2.45, 2.75) is 45.5 Å². The number of allylic oxidation sites excluding steroid dienone is 2. The van der Waals surface area contributed by atoms with Gasteiger partial charge in [0, 0.05) is 0 Å². The third-order valence-electron chi connectivity index (χ3n) is 2.68. The molecule has 0 aromatic heterocycles. The summed E-state index contributed by atoms with van der Waals surface area (Å²) in [6.45, 7) is 11.9. The van der Waals surface area contributed by atoms with Crippen LogP contribution in [0.5, 0.6) is 0 Å². The number of rotatable bonds is 7. The van der Waals surface area contributed by atoms with Crippen molar-refractivity contribution in [3.8, 4) is 0 Å². The van der Waals surface area contributed by atoms with Crippen molar-refractivity contribution in [2.24, 2.45) is 0 Å². The van der Waals surface area contributed by atoms with Crippen LogP contribution >= 0.6 is 0 Å². The highest BCUT2D eigenvalue weighted by Crippen LogP contribution is 2.16. The molecule has 2 heteroatoms. The first-order valence-corrected chi connectivity index (χ1v) is 9.23. The van der Waals surface area contributed by atoms with E-state index in [2.05, 4.69) is 51.0 Å². The Hall–Kier alpha value is -0.0831. The van der Waals surface area contributed by atoms with Gasteiger partial charge in [0.05, 0.1) is 8.07 Å². The van der Waals surface area contributed by atoms with Crippen LogP contribution in [0.15, 0.2) is 12.2 Å². The van der Waals surface area contributed by atoms with Crippen molar-refractivity contribution < 1.29 is 0 Å². The molecular formula is C12H27NSi. The van der Waals surface area contributed by atoms with Gasteiger partial charge in [-0.1, -0.05) is 32.2 Å². The summed E-state index contributed by atoms with van der Waals surface area (Å²) in [6, 6.07) is 2.76. The van der Waals surface area contributed by atoms with E-state index in [0.29, 0.717) is 0 Å². The molecule has 0 N–H and O–H groups in total. The smallest absolute Gasteiger partial charge is 0.0523 e. The molecule has 0 saturated carbocycles. The lowest BCUT2D eigenvalue weighted by atomic mass is 10.4. The fourth-order valence-corrected chi connectivity index (χ4v) is 3.59. The minimum Gasteiger partial charge on any atom is -0.307 e. The Labute approximate surface area is 91.2 Å². The zero-order valence-corrected chi connectivity index (χ0v) is 11.6. The van der Waals surface area contributed by atoms with Crippen LogP contribution in [0.25, 0.3) is 0 Å². The summed E-state index contributed by atoms with van der Waals surface area (Å²) in [7, 11) is 1.30. The Morgan fingerprint density at radius 1 is 1.21 bits per heavy atom. The summed E-state index contributed by atoms with van der Waals surface area (Å²) in [4.78, 5) is 2.46. The molecule has 0 saturated heterocycles. The van der Waals surface area contributed by atoms with Crippen LogP contribution in [0, 0.1) is 0 Å². The number of hydrogen-bond acceptors (Lipinski definition) is 1. The van der Waals surface area contributed by atoms with Gasteiger partial charge in [-0.25, -0.2) is 0 Å². The van der Waals surface area contributed by atoms with Gasteiger partial charge in [0.2, 0.25) is 0 Å². The Bertz CT molecular complexity index is 164. The molecule has 1 nitrogen and oxygen atoms in total. The third-order valence-corrected chi connectivity index (χ3v) is 5.60. The molecule has 84 valence electrons. The second-order valence-electron chi connectivity index (χ2n) is 4.99. The molecule has 0 rings (SSSR count). The van der Waals surface area contributed by atoms with Crippen LogP contribution in [0.4, 0.5) is 0 Å².